The first-order valence-corrected chi connectivity index (χ1v) is 5.65. The van der Waals surface area contributed by atoms with E-state index in [2.05, 4.69) is 5.32 Å². The Hall–Kier alpha value is -1.55. The van der Waals surface area contributed by atoms with E-state index < -0.39 is 12.0 Å². The molecule has 1 aromatic rings. The number of carbonyl (C=O) groups is 1. The van der Waals surface area contributed by atoms with E-state index >= 15 is 0 Å². The number of carboxylic acid groups (broad SMARTS) is 1. The smallest absolute Gasteiger partial charge is 0.325 e. The van der Waals surface area contributed by atoms with Crippen molar-refractivity contribution in [2.45, 2.75) is 26.8 Å². The zero-order chi connectivity index (χ0) is 13.0. The minimum absolute atomic E-state index is 0.605. The highest BCUT2D eigenvalue weighted by Gasteiger charge is 2.20. The Morgan fingerprint density at radius 2 is 2.06 bits per heavy atom. The van der Waals surface area contributed by atoms with Crippen LogP contribution in [0.2, 0.25) is 0 Å². The Morgan fingerprint density at radius 3 is 2.53 bits per heavy atom. The second-order valence-corrected chi connectivity index (χ2v) is 3.97. The van der Waals surface area contributed by atoms with Crippen LogP contribution >= 0.6 is 0 Å². The number of hydrogen-bond acceptors (Lipinski definition) is 3. The number of nitrogens with one attached hydrogen (secondary N) is 1. The zero-order valence-electron chi connectivity index (χ0n) is 10.7. The van der Waals surface area contributed by atoms with E-state index in [4.69, 9.17) is 9.84 Å². The van der Waals surface area contributed by atoms with Gasteiger partial charge in [-0.25, -0.2) is 0 Å². The number of ether oxygens (including phenoxy) is 1. The Balaban J connectivity index is 3.18. The van der Waals surface area contributed by atoms with Crippen LogP contribution in [0.5, 0.6) is 5.75 Å². The largest absolute Gasteiger partial charge is 0.494 e. The topological polar surface area (TPSA) is 58.6 Å². The van der Waals surface area contributed by atoms with Crippen LogP contribution in [0.3, 0.4) is 0 Å². The van der Waals surface area contributed by atoms with E-state index in [0.717, 1.165) is 22.4 Å². The molecule has 1 atom stereocenters. The Kier molecular flexibility index (Phi) is 4.52. The summed E-state index contributed by atoms with van der Waals surface area (Å²) in [5.41, 5.74) is 2.65. The number of hydrogen-bond donors (Lipinski definition) is 2. The number of likely N-dealkylation sites (N-methyl/N-ethyl adjacent to an activating group) is 1. The fourth-order valence-electron chi connectivity index (χ4n) is 1.85. The van der Waals surface area contributed by atoms with Crippen LogP contribution in [0.25, 0.3) is 0 Å². The molecule has 0 aromatic heterocycles. The van der Waals surface area contributed by atoms with Crippen molar-refractivity contribution in [3.63, 3.8) is 0 Å². The maximum absolute atomic E-state index is 11.1. The van der Waals surface area contributed by atoms with Crippen LogP contribution < -0.4 is 10.1 Å². The molecule has 0 aliphatic heterocycles. The fourth-order valence-corrected chi connectivity index (χ4v) is 1.85. The average molecular weight is 237 g/mol. The summed E-state index contributed by atoms with van der Waals surface area (Å²) in [5, 5.41) is 11.9. The first-order valence-electron chi connectivity index (χ1n) is 5.65. The third kappa shape index (κ3) is 2.97. The molecule has 0 saturated carbocycles. The number of carboxylic acids is 1. The Morgan fingerprint density at radius 1 is 1.41 bits per heavy atom. The van der Waals surface area contributed by atoms with Gasteiger partial charge in [0.1, 0.15) is 11.8 Å². The van der Waals surface area contributed by atoms with Gasteiger partial charge in [0.15, 0.2) is 0 Å². The van der Waals surface area contributed by atoms with E-state index in [1.54, 1.807) is 7.05 Å². The van der Waals surface area contributed by atoms with E-state index in [0.29, 0.717) is 6.61 Å². The normalized spacial score (nSPS) is 12.2. The highest BCUT2D eigenvalue weighted by molar-refractivity contribution is 5.76. The molecule has 0 saturated heterocycles. The van der Waals surface area contributed by atoms with Gasteiger partial charge in [0.05, 0.1) is 6.61 Å². The van der Waals surface area contributed by atoms with Crippen LogP contribution in [0.4, 0.5) is 0 Å². The third-order valence-electron chi connectivity index (χ3n) is 2.71. The van der Waals surface area contributed by atoms with Crippen LogP contribution in [0.15, 0.2) is 12.1 Å². The quantitative estimate of drug-likeness (QED) is 0.823. The van der Waals surface area contributed by atoms with E-state index in [1.807, 2.05) is 32.9 Å². The molecule has 0 aliphatic rings. The van der Waals surface area contributed by atoms with Crippen molar-refractivity contribution in [3.8, 4) is 5.75 Å². The number of rotatable bonds is 5. The van der Waals surface area contributed by atoms with Gasteiger partial charge in [0.25, 0.3) is 0 Å². The summed E-state index contributed by atoms with van der Waals surface area (Å²) < 4.78 is 5.48. The molecule has 0 fully saturated rings. The summed E-state index contributed by atoms with van der Waals surface area (Å²) in [4.78, 5) is 11.1. The van der Waals surface area contributed by atoms with Crippen molar-refractivity contribution >= 4 is 5.97 Å². The van der Waals surface area contributed by atoms with Crippen LogP contribution in [-0.4, -0.2) is 24.7 Å². The van der Waals surface area contributed by atoms with Gasteiger partial charge in [-0.1, -0.05) is 0 Å². The van der Waals surface area contributed by atoms with Crippen molar-refractivity contribution < 1.29 is 14.6 Å². The lowest BCUT2D eigenvalue weighted by molar-refractivity contribution is -0.139. The van der Waals surface area contributed by atoms with E-state index in [-0.39, 0.29) is 0 Å². The maximum atomic E-state index is 11.1. The Labute approximate surface area is 102 Å². The second kappa shape index (κ2) is 5.68. The second-order valence-electron chi connectivity index (χ2n) is 3.97. The standard InChI is InChI=1S/C13H19NO3/c1-5-17-11-7-8(2)10(6-9(11)3)12(14-4)13(15)16/h6-7,12,14H,5H2,1-4H3,(H,15,16). The fraction of sp³-hybridized carbons (Fsp3) is 0.462. The molecule has 1 rings (SSSR count). The van der Waals surface area contributed by atoms with Crippen molar-refractivity contribution in [3.05, 3.63) is 28.8 Å². The monoisotopic (exact) mass is 237 g/mol. The van der Waals surface area contributed by atoms with Gasteiger partial charge in [-0.2, -0.15) is 0 Å². The summed E-state index contributed by atoms with van der Waals surface area (Å²) in [6.45, 7) is 6.34. The van der Waals surface area contributed by atoms with Gasteiger partial charge in [-0.05, 0) is 56.6 Å². The molecule has 17 heavy (non-hydrogen) atoms. The van der Waals surface area contributed by atoms with E-state index in [9.17, 15) is 4.79 Å². The minimum Gasteiger partial charge on any atom is -0.494 e. The number of benzene rings is 1. The molecule has 0 radical (unpaired) electrons. The predicted molar refractivity (Wildman–Crippen MR) is 66.5 cm³/mol. The first kappa shape index (κ1) is 13.5. The molecular formula is C13H19NO3. The SMILES string of the molecule is CCOc1cc(C)c(C(NC)C(=O)O)cc1C. The van der Waals surface area contributed by atoms with Crippen molar-refractivity contribution in [2.75, 3.05) is 13.7 Å². The van der Waals surface area contributed by atoms with Crippen LogP contribution in [0, 0.1) is 13.8 Å². The van der Waals surface area contributed by atoms with Crippen LogP contribution in [0.1, 0.15) is 29.7 Å². The van der Waals surface area contributed by atoms with Gasteiger partial charge < -0.3 is 15.2 Å². The molecule has 2 N–H and O–H groups in total. The lowest BCUT2D eigenvalue weighted by Gasteiger charge is -2.17. The molecule has 4 heteroatoms. The van der Waals surface area contributed by atoms with Gasteiger partial charge in [-0.3, -0.25) is 4.79 Å². The summed E-state index contributed by atoms with van der Waals surface area (Å²) in [7, 11) is 1.64. The molecule has 4 nitrogen and oxygen atoms in total. The van der Waals surface area contributed by atoms with Gasteiger partial charge in [0.2, 0.25) is 0 Å². The first-order chi connectivity index (χ1) is 8.01. The maximum Gasteiger partial charge on any atom is 0.325 e. The summed E-state index contributed by atoms with van der Waals surface area (Å²) >= 11 is 0. The molecule has 0 heterocycles. The Bertz CT molecular complexity index is 415. The molecule has 0 spiro atoms. The third-order valence-corrected chi connectivity index (χ3v) is 2.71. The number of aryl methyl sites for hydroxylation is 2. The van der Waals surface area contributed by atoms with Gasteiger partial charge >= 0.3 is 5.97 Å². The van der Waals surface area contributed by atoms with Crippen molar-refractivity contribution in [1.82, 2.24) is 5.32 Å². The molecule has 1 aromatic carbocycles. The molecule has 1 unspecified atom stereocenters. The van der Waals surface area contributed by atoms with E-state index in [1.165, 1.54) is 0 Å². The van der Waals surface area contributed by atoms with Crippen molar-refractivity contribution in [2.24, 2.45) is 0 Å². The lowest BCUT2D eigenvalue weighted by atomic mass is 9.98. The molecule has 0 amide bonds. The van der Waals surface area contributed by atoms with Crippen molar-refractivity contribution in [1.29, 1.82) is 0 Å². The average Bonchev–Trinajstić information content (AvgIpc) is 2.25. The summed E-state index contributed by atoms with van der Waals surface area (Å²) in [6.07, 6.45) is 0. The highest BCUT2D eigenvalue weighted by atomic mass is 16.5. The summed E-state index contributed by atoms with van der Waals surface area (Å²) in [5.74, 6) is -0.0619. The summed E-state index contributed by atoms with van der Waals surface area (Å²) in [6, 6.07) is 3.08. The molecule has 0 aliphatic carbocycles. The predicted octanol–water partition coefficient (Wildman–Crippen LogP) is 2.05. The molecule has 0 bridgehead atoms. The van der Waals surface area contributed by atoms with Crippen LogP contribution in [-0.2, 0) is 4.79 Å². The molecular weight excluding hydrogens is 218 g/mol. The van der Waals surface area contributed by atoms with Gasteiger partial charge in [0, 0.05) is 0 Å². The van der Waals surface area contributed by atoms with Gasteiger partial charge in [-0.15, -0.1) is 0 Å². The minimum atomic E-state index is -0.876. The lowest BCUT2D eigenvalue weighted by Crippen LogP contribution is -2.25. The highest BCUT2D eigenvalue weighted by Crippen LogP contribution is 2.26. The number of aliphatic carboxylic acids is 1. The molecule has 94 valence electrons. The zero-order valence-corrected chi connectivity index (χ0v) is 10.7.